The molecule has 0 aliphatic carbocycles. The molecule has 0 bridgehead atoms. The Kier molecular flexibility index (Phi) is 3.20. The van der Waals surface area contributed by atoms with Crippen molar-refractivity contribution >= 4 is 0 Å². The van der Waals surface area contributed by atoms with Crippen molar-refractivity contribution in [1.82, 2.24) is 0 Å². The van der Waals surface area contributed by atoms with Crippen LogP contribution in [0.1, 0.15) is 29.5 Å². The van der Waals surface area contributed by atoms with Crippen LogP contribution in [0, 0.1) is 17.1 Å². The fraction of sp³-hybridized carbons (Fsp3) is 0.133. The molecule has 17 heavy (non-hydrogen) atoms. The molecule has 0 aromatic heterocycles. The first-order chi connectivity index (χ1) is 8.22. The maximum Gasteiger partial charge on any atom is 0.127 e. The van der Waals surface area contributed by atoms with Crippen LogP contribution >= 0.6 is 0 Å². The molecule has 1 nitrogen and oxygen atoms in total. The quantitative estimate of drug-likeness (QED) is 0.761. The van der Waals surface area contributed by atoms with Gasteiger partial charge in [-0.15, -0.1) is 0 Å². The van der Waals surface area contributed by atoms with Crippen molar-refractivity contribution < 1.29 is 4.39 Å². The molecular formula is C15H12FN. The highest BCUT2D eigenvalue weighted by Crippen LogP contribution is 2.26. The van der Waals surface area contributed by atoms with Gasteiger partial charge in [-0.3, -0.25) is 0 Å². The standard InChI is InChI=1S/C15H12FN/c1-11(13-5-3-2-4-6-13)14-9-12(10-17)7-8-15(14)16/h2-9,11H,1H3. The highest BCUT2D eigenvalue weighted by molar-refractivity contribution is 5.39. The van der Waals surface area contributed by atoms with Crippen LogP contribution in [0.25, 0.3) is 0 Å². The van der Waals surface area contributed by atoms with Crippen molar-refractivity contribution in [3.8, 4) is 6.07 Å². The van der Waals surface area contributed by atoms with Crippen LogP contribution < -0.4 is 0 Å². The van der Waals surface area contributed by atoms with E-state index in [9.17, 15) is 4.39 Å². The average molecular weight is 225 g/mol. The maximum absolute atomic E-state index is 13.7. The van der Waals surface area contributed by atoms with Gasteiger partial charge in [-0.1, -0.05) is 37.3 Å². The van der Waals surface area contributed by atoms with Gasteiger partial charge in [-0.2, -0.15) is 5.26 Å². The summed E-state index contributed by atoms with van der Waals surface area (Å²) in [6.45, 7) is 1.94. The molecule has 1 unspecified atom stereocenters. The van der Waals surface area contributed by atoms with Gasteiger partial charge in [0, 0.05) is 5.92 Å². The van der Waals surface area contributed by atoms with Crippen LogP contribution in [0.4, 0.5) is 4.39 Å². The molecule has 2 heteroatoms. The fourth-order valence-corrected chi connectivity index (χ4v) is 1.87. The molecular weight excluding hydrogens is 213 g/mol. The summed E-state index contributed by atoms with van der Waals surface area (Å²) in [5.41, 5.74) is 2.10. The number of hydrogen-bond donors (Lipinski definition) is 0. The lowest BCUT2D eigenvalue weighted by atomic mass is 9.92. The topological polar surface area (TPSA) is 23.8 Å². The van der Waals surface area contributed by atoms with E-state index in [1.54, 1.807) is 6.07 Å². The third-order valence-electron chi connectivity index (χ3n) is 2.89. The molecule has 0 saturated carbocycles. The van der Waals surface area contributed by atoms with E-state index in [1.165, 1.54) is 12.1 Å². The van der Waals surface area contributed by atoms with Crippen LogP contribution in [0.2, 0.25) is 0 Å². The van der Waals surface area contributed by atoms with Crippen LogP contribution in [-0.4, -0.2) is 0 Å². The van der Waals surface area contributed by atoms with Crippen molar-refractivity contribution in [3.05, 3.63) is 71.0 Å². The first-order valence-electron chi connectivity index (χ1n) is 5.47. The Balaban J connectivity index is 2.44. The SMILES string of the molecule is CC(c1ccccc1)c1cc(C#N)ccc1F. The van der Waals surface area contributed by atoms with E-state index >= 15 is 0 Å². The van der Waals surface area contributed by atoms with Crippen molar-refractivity contribution in [3.63, 3.8) is 0 Å². The summed E-state index contributed by atoms with van der Waals surface area (Å²) in [7, 11) is 0. The molecule has 1 atom stereocenters. The fourth-order valence-electron chi connectivity index (χ4n) is 1.87. The summed E-state index contributed by atoms with van der Waals surface area (Å²) in [5.74, 6) is -0.315. The molecule has 2 rings (SSSR count). The van der Waals surface area contributed by atoms with E-state index in [-0.39, 0.29) is 11.7 Å². The third-order valence-corrected chi connectivity index (χ3v) is 2.89. The average Bonchev–Trinajstić information content (AvgIpc) is 2.39. The zero-order chi connectivity index (χ0) is 12.3. The second-order valence-electron chi connectivity index (χ2n) is 3.98. The number of halogens is 1. The van der Waals surface area contributed by atoms with Crippen molar-refractivity contribution in [2.24, 2.45) is 0 Å². The van der Waals surface area contributed by atoms with E-state index in [2.05, 4.69) is 0 Å². The highest BCUT2D eigenvalue weighted by atomic mass is 19.1. The number of nitrogens with zero attached hydrogens (tertiary/aromatic N) is 1. The number of hydrogen-bond acceptors (Lipinski definition) is 1. The summed E-state index contributed by atoms with van der Waals surface area (Å²) in [5, 5.41) is 8.83. The summed E-state index contributed by atoms with van der Waals surface area (Å²) >= 11 is 0. The van der Waals surface area contributed by atoms with Gasteiger partial charge >= 0.3 is 0 Å². The molecule has 0 amide bonds. The lowest BCUT2D eigenvalue weighted by molar-refractivity contribution is 0.603. The molecule has 0 aliphatic heterocycles. The lowest BCUT2D eigenvalue weighted by Crippen LogP contribution is -1.99. The van der Waals surface area contributed by atoms with E-state index < -0.39 is 0 Å². The molecule has 0 aliphatic rings. The number of nitriles is 1. The van der Waals surface area contributed by atoms with Crippen molar-refractivity contribution in [1.29, 1.82) is 5.26 Å². The van der Waals surface area contributed by atoms with E-state index in [1.807, 2.05) is 43.3 Å². The molecule has 0 saturated heterocycles. The molecule has 2 aromatic carbocycles. The third kappa shape index (κ3) is 2.34. The van der Waals surface area contributed by atoms with Gasteiger partial charge < -0.3 is 0 Å². The second-order valence-corrected chi connectivity index (χ2v) is 3.98. The lowest BCUT2D eigenvalue weighted by Gasteiger charge is -2.13. The van der Waals surface area contributed by atoms with Crippen LogP contribution in [0.5, 0.6) is 0 Å². The van der Waals surface area contributed by atoms with Gasteiger partial charge in [-0.25, -0.2) is 4.39 Å². The molecule has 0 heterocycles. The van der Waals surface area contributed by atoms with Crippen molar-refractivity contribution in [2.45, 2.75) is 12.8 Å². The Hall–Kier alpha value is -2.14. The van der Waals surface area contributed by atoms with Crippen LogP contribution in [0.3, 0.4) is 0 Å². The minimum absolute atomic E-state index is 0.0514. The number of benzene rings is 2. The predicted molar refractivity (Wildman–Crippen MR) is 65.1 cm³/mol. The molecule has 0 radical (unpaired) electrons. The Morgan fingerprint density at radius 1 is 1.12 bits per heavy atom. The van der Waals surface area contributed by atoms with Gasteiger partial charge in [0.25, 0.3) is 0 Å². The smallest absolute Gasteiger partial charge is 0.127 e. The Morgan fingerprint density at radius 3 is 2.47 bits per heavy atom. The van der Waals surface area contributed by atoms with Gasteiger partial charge in [0.1, 0.15) is 5.82 Å². The van der Waals surface area contributed by atoms with Crippen LogP contribution in [0.15, 0.2) is 48.5 Å². The predicted octanol–water partition coefficient (Wildman–Crippen LogP) is 3.85. The largest absolute Gasteiger partial charge is 0.207 e. The monoisotopic (exact) mass is 225 g/mol. The molecule has 2 aromatic rings. The Labute approximate surface area is 100 Å². The molecule has 0 N–H and O–H groups in total. The van der Waals surface area contributed by atoms with Gasteiger partial charge in [0.05, 0.1) is 11.6 Å². The first kappa shape index (κ1) is 11.3. The van der Waals surface area contributed by atoms with Gasteiger partial charge in [-0.05, 0) is 29.3 Å². The zero-order valence-electron chi connectivity index (χ0n) is 9.52. The van der Waals surface area contributed by atoms with Gasteiger partial charge in [0.15, 0.2) is 0 Å². The summed E-state index contributed by atoms with van der Waals surface area (Å²) < 4.78 is 13.7. The highest BCUT2D eigenvalue weighted by Gasteiger charge is 2.13. The van der Waals surface area contributed by atoms with E-state index in [4.69, 9.17) is 5.26 Å². The van der Waals surface area contributed by atoms with Crippen LogP contribution in [-0.2, 0) is 0 Å². The molecule has 0 fully saturated rings. The van der Waals surface area contributed by atoms with Crippen molar-refractivity contribution in [2.75, 3.05) is 0 Å². The molecule has 84 valence electrons. The van der Waals surface area contributed by atoms with Gasteiger partial charge in [0.2, 0.25) is 0 Å². The normalized spacial score (nSPS) is 11.8. The van der Waals surface area contributed by atoms with E-state index in [0.29, 0.717) is 11.1 Å². The summed E-state index contributed by atoms with van der Waals surface area (Å²) in [6, 6.07) is 16.2. The zero-order valence-corrected chi connectivity index (χ0v) is 9.52. The first-order valence-corrected chi connectivity index (χ1v) is 5.47. The van der Waals surface area contributed by atoms with E-state index in [0.717, 1.165) is 5.56 Å². The number of rotatable bonds is 2. The molecule has 0 spiro atoms. The second kappa shape index (κ2) is 4.80. The minimum Gasteiger partial charge on any atom is -0.207 e. The summed E-state index contributed by atoms with van der Waals surface area (Å²) in [6.07, 6.45) is 0. The Morgan fingerprint density at radius 2 is 1.82 bits per heavy atom. The summed E-state index contributed by atoms with van der Waals surface area (Å²) in [4.78, 5) is 0. The Bertz CT molecular complexity index is 555. The minimum atomic E-state index is -0.264. The maximum atomic E-state index is 13.7.